The summed E-state index contributed by atoms with van der Waals surface area (Å²) < 4.78 is 5.55. The van der Waals surface area contributed by atoms with E-state index in [0.717, 1.165) is 0 Å². The third kappa shape index (κ3) is 8.10. The van der Waals surface area contributed by atoms with Gasteiger partial charge in [-0.3, -0.25) is 0 Å². The van der Waals surface area contributed by atoms with Crippen molar-refractivity contribution in [3.8, 4) is 0 Å². The number of hydrogen-bond donors (Lipinski definition) is 1. The molecule has 1 unspecified atom stereocenters. The van der Waals surface area contributed by atoms with Crippen LogP contribution < -0.4 is 5.32 Å². The predicted molar refractivity (Wildman–Crippen MR) is 81.2 cm³/mol. The second-order valence-electron chi connectivity index (χ2n) is 5.91. The number of hydrogen-bond acceptors (Lipinski definition) is 2. The predicted octanol–water partition coefficient (Wildman–Crippen LogP) is 4.53. The molecule has 0 aromatic rings. The van der Waals surface area contributed by atoms with E-state index in [1.54, 1.807) is 7.11 Å². The van der Waals surface area contributed by atoms with Gasteiger partial charge in [0.25, 0.3) is 0 Å². The molecule has 0 aliphatic carbocycles. The Morgan fingerprint density at radius 1 is 0.944 bits per heavy atom. The lowest BCUT2D eigenvalue weighted by Crippen LogP contribution is -2.46. The molecule has 0 aliphatic rings. The topological polar surface area (TPSA) is 21.3 Å². The van der Waals surface area contributed by atoms with Gasteiger partial charge >= 0.3 is 0 Å². The first-order valence-electron chi connectivity index (χ1n) is 7.81. The first kappa shape index (κ1) is 17.9. The zero-order valence-corrected chi connectivity index (χ0v) is 13.3. The van der Waals surface area contributed by atoms with Crippen molar-refractivity contribution < 1.29 is 4.74 Å². The summed E-state index contributed by atoms with van der Waals surface area (Å²) in [6.45, 7) is 6.60. The number of unbranched alkanes of at least 4 members (excludes halogenated alkanes) is 7. The zero-order chi connectivity index (χ0) is 13.9. The molecule has 0 heterocycles. The third-order valence-electron chi connectivity index (χ3n) is 4.06. The van der Waals surface area contributed by atoms with Crippen LogP contribution in [0.1, 0.15) is 78.6 Å². The van der Waals surface area contributed by atoms with Crippen LogP contribution in [0.5, 0.6) is 0 Å². The zero-order valence-electron chi connectivity index (χ0n) is 13.3. The third-order valence-corrected chi connectivity index (χ3v) is 4.06. The highest BCUT2D eigenvalue weighted by atomic mass is 16.5. The normalized spacial score (nSPS) is 13.8. The van der Waals surface area contributed by atoms with Crippen LogP contribution in [0.2, 0.25) is 0 Å². The Morgan fingerprint density at radius 3 is 1.89 bits per heavy atom. The molecule has 0 saturated carbocycles. The van der Waals surface area contributed by atoms with E-state index in [1.807, 2.05) is 7.05 Å². The highest BCUT2D eigenvalue weighted by Crippen LogP contribution is 2.19. The van der Waals surface area contributed by atoms with Gasteiger partial charge in [0.1, 0.15) is 0 Å². The Hall–Kier alpha value is -0.0800. The highest BCUT2D eigenvalue weighted by molar-refractivity contribution is 4.84. The molecular formula is C16H35NO. The summed E-state index contributed by atoms with van der Waals surface area (Å²) in [5, 5.41) is 3.39. The van der Waals surface area contributed by atoms with Crippen LogP contribution in [0.15, 0.2) is 0 Å². The SMILES string of the molecule is CCCCCCCCCCC(NC)C(C)(C)OC. The molecule has 1 atom stereocenters. The quantitative estimate of drug-likeness (QED) is 0.519. The molecule has 18 heavy (non-hydrogen) atoms. The Labute approximate surface area is 115 Å². The molecule has 110 valence electrons. The largest absolute Gasteiger partial charge is 0.377 e. The van der Waals surface area contributed by atoms with Crippen molar-refractivity contribution in [2.24, 2.45) is 0 Å². The molecule has 0 aromatic heterocycles. The molecule has 2 nitrogen and oxygen atoms in total. The number of rotatable bonds is 12. The fraction of sp³-hybridized carbons (Fsp3) is 1.00. The maximum atomic E-state index is 5.55. The van der Waals surface area contributed by atoms with Crippen molar-refractivity contribution in [2.45, 2.75) is 90.2 Å². The molecule has 0 aliphatic heterocycles. The Kier molecular flexibility index (Phi) is 10.8. The average molecular weight is 257 g/mol. The number of methoxy groups -OCH3 is 1. The summed E-state index contributed by atoms with van der Waals surface area (Å²) in [6, 6.07) is 0.461. The number of ether oxygens (including phenoxy) is 1. The Balaban J connectivity index is 3.52. The summed E-state index contributed by atoms with van der Waals surface area (Å²) in [5.41, 5.74) is -0.0596. The average Bonchev–Trinajstić information content (AvgIpc) is 2.36. The van der Waals surface area contributed by atoms with E-state index in [4.69, 9.17) is 4.74 Å². The van der Waals surface area contributed by atoms with Crippen molar-refractivity contribution >= 4 is 0 Å². The summed E-state index contributed by atoms with van der Waals surface area (Å²) in [7, 11) is 3.84. The first-order valence-corrected chi connectivity index (χ1v) is 7.81. The molecule has 1 N–H and O–H groups in total. The number of nitrogens with one attached hydrogen (secondary N) is 1. The molecular weight excluding hydrogens is 222 g/mol. The molecule has 0 saturated heterocycles. The number of likely N-dealkylation sites (N-methyl/N-ethyl adjacent to an activating group) is 1. The van der Waals surface area contributed by atoms with Crippen molar-refractivity contribution in [3.05, 3.63) is 0 Å². The van der Waals surface area contributed by atoms with E-state index >= 15 is 0 Å². The van der Waals surface area contributed by atoms with Gasteiger partial charge in [-0.15, -0.1) is 0 Å². The molecule has 0 aromatic carbocycles. The van der Waals surface area contributed by atoms with Gasteiger partial charge in [0.15, 0.2) is 0 Å². The van der Waals surface area contributed by atoms with Gasteiger partial charge < -0.3 is 10.1 Å². The Bertz CT molecular complexity index is 180. The molecule has 0 bridgehead atoms. The first-order chi connectivity index (χ1) is 8.58. The second-order valence-corrected chi connectivity index (χ2v) is 5.91. The summed E-state index contributed by atoms with van der Waals surface area (Å²) in [6.07, 6.45) is 12.3. The van der Waals surface area contributed by atoms with Crippen molar-refractivity contribution in [1.82, 2.24) is 5.32 Å². The molecule has 0 amide bonds. The minimum atomic E-state index is -0.0596. The van der Waals surface area contributed by atoms with Gasteiger partial charge in [0.05, 0.1) is 5.60 Å². The smallest absolute Gasteiger partial charge is 0.0774 e. The molecule has 0 radical (unpaired) electrons. The fourth-order valence-electron chi connectivity index (χ4n) is 2.46. The minimum absolute atomic E-state index is 0.0596. The summed E-state index contributed by atoms with van der Waals surface area (Å²) in [5.74, 6) is 0. The van der Waals surface area contributed by atoms with Gasteiger partial charge in [-0.25, -0.2) is 0 Å². The van der Waals surface area contributed by atoms with Gasteiger partial charge in [-0.2, -0.15) is 0 Å². The van der Waals surface area contributed by atoms with E-state index in [2.05, 4.69) is 26.1 Å². The van der Waals surface area contributed by atoms with Crippen LogP contribution in [-0.4, -0.2) is 25.8 Å². The van der Waals surface area contributed by atoms with Crippen LogP contribution in [0, 0.1) is 0 Å². The van der Waals surface area contributed by atoms with E-state index in [0.29, 0.717) is 6.04 Å². The minimum Gasteiger partial charge on any atom is -0.377 e. The fourth-order valence-corrected chi connectivity index (χ4v) is 2.46. The molecule has 0 fully saturated rings. The lowest BCUT2D eigenvalue weighted by molar-refractivity contribution is -0.0110. The summed E-state index contributed by atoms with van der Waals surface area (Å²) >= 11 is 0. The molecule has 0 spiro atoms. The molecule has 2 heteroatoms. The monoisotopic (exact) mass is 257 g/mol. The lowest BCUT2D eigenvalue weighted by Gasteiger charge is -2.33. The van der Waals surface area contributed by atoms with Crippen molar-refractivity contribution in [3.63, 3.8) is 0 Å². The van der Waals surface area contributed by atoms with Crippen molar-refractivity contribution in [1.29, 1.82) is 0 Å². The van der Waals surface area contributed by atoms with E-state index in [1.165, 1.54) is 57.8 Å². The van der Waals surface area contributed by atoms with Crippen LogP contribution in [0.4, 0.5) is 0 Å². The van der Waals surface area contributed by atoms with Crippen LogP contribution in [-0.2, 0) is 4.74 Å². The highest BCUT2D eigenvalue weighted by Gasteiger charge is 2.26. The summed E-state index contributed by atoms with van der Waals surface area (Å²) in [4.78, 5) is 0. The van der Waals surface area contributed by atoms with Gasteiger partial charge in [0.2, 0.25) is 0 Å². The molecule has 0 rings (SSSR count). The van der Waals surface area contributed by atoms with Crippen LogP contribution in [0.3, 0.4) is 0 Å². The lowest BCUT2D eigenvalue weighted by atomic mass is 9.93. The second kappa shape index (κ2) is 10.8. The van der Waals surface area contributed by atoms with Gasteiger partial charge in [-0.1, -0.05) is 58.3 Å². The maximum Gasteiger partial charge on any atom is 0.0774 e. The van der Waals surface area contributed by atoms with Crippen molar-refractivity contribution in [2.75, 3.05) is 14.2 Å². The van der Waals surface area contributed by atoms with Crippen LogP contribution in [0.25, 0.3) is 0 Å². The van der Waals surface area contributed by atoms with Gasteiger partial charge in [-0.05, 0) is 27.3 Å². The standard InChI is InChI=1S/C16H35NO/c1-6-7-8-9-10-11-12-13-14-15(17-4)16(2,3)18-5/h15,17H,6-14H2,1-5H3. The maximum absolute atomic E-state index is 5.55. The Morgan fingerprint density at radius 2 is 1.44 bits per heavy atom. The van der Waals surface area contributed by atoms with E-state index < -0.39 is 0 Å². The van der Waals surface area contributed by atoms with E-state index in [9.17, 15) is 0 Å². The van der Waals surface area contributed by atoms with Crippen LogP contribution >= 0.6 is 0 Å². The van der Waals surface area contributed by atoms with E-state index in [-0.39, 0.29) is 5.60 Å². The van der Waals surface area contributed by atoms with Gasteiger partial charge in [0, 0.05) is 13.2 Å².